The second-order valence-corrected chi connectivity index (χ2v) is 8.11. The lowest BCUT2D eigenvalue weighted by Crippen LogP contribution is -2.27. The standard InChI is InChI=1S/C18H20ClNO3S/c19-17-9-5-4-8-16(17)14-24(22,23)13-11-18(21)20-12-10-15-6-2-1-3-7-15/h1-9H,10-14H2,(H,20,21). The molecule has 6 heteroatoms. The number of carbonyl (C=O) groups is 1. The molecule has 0 radical (unpaired) electrons. The van der Waals surface area contributed by atoms with Crippen molar-refractivity contribution in [1.29, 1.82) is 0 Å². The van der Waals surface area contributed by atoms with E-state index in [2.05, 4.69) is 5.32 Å². The van der Waals surface area contributed by atoms with Crippen molar-refractivity contribution >= 4 is 27.3 Å². The van der Waals surface area contributed by atoms with Crippen LogP contribution in [0.3, 0.4) is 0 Å². The van der Waals surface area contributed by atoms with Crippen LogP contribution in [0.25, 0.3) is 0 Å². The molecule has 4 nitrogen and oxygen atoms in total. The first-order chi connectivity index (χ1) is 11.5. The van der Waals surface area contributed by atoms with Crippen molar-refractivity contribution in [3.8, 4) is 0 Å². The Balaban J connectivity index is 1.75. The highest BCUT2D eigenvalue weighted by Gasteiger charge is 2.16. The number of hydrogen-bond donors (Lipinski definition) is 1. The number of carbonyl (C=O) groups excluding carboxylic acids is 1. The van der Waals surface area contributed by atoms with Crippen molar-refractivity contribution in [2.75, 3.05) is 12.3 Å². The molecule has 0 aliphatic heterocycles. The lowest BCUT2D eigenvalue weighted by Gasteiger charge is -2.07. The molecular formula is C18H20ClNO3S. The van der Waals surface area contributed by atoms with Gasteiger partial charge >= 0.3 is 0 Å². The molecule has 1 amide bonds. The SMILES string of the molecule is O=C(CCS(=O)(=O)Cc1ccccc1Cl)NCCc1ccccc1. The monoisotopic (exact) mass is 365 g/mol. The molecule has 0 bridgehead atoms. The molecular weight excluding hydrogens is 346 g/mol. The lowest BCUT2D eigenvalue weighted by molar-refractivity contribution is -0.120. The number of rotatable bonds is 8. The summed E-state index contributed by atoms with van der Waals surface area (Å²) in [6, 6.07) is 16.6. The van der Waals surface area contributed by atoms with E-state index in [4.69, 9.17) is 11.6 Å². The van der Waals surface area contributed by atoms with E-state index in [1.54, 1.807) is 24.3 Å². The highest BCUT2D eigenvalue weighted by Crippen LogP contribution is 2.18. The predicted molar refractivity (Wildman–Crippen MR) is 96.7 cm³/mol. The van der Waals surface area contributed by atoms with Crippen LogP contribution in [0.4, 0.5) is 0 Å². The molecule has 0 heterocycles. The zero-order valence-electron chi connectivity index (χ0n) is 13.2. The minimum Gasteiger partial charge on any atom is -0.356 e. The van der Waals surface area contributed by atoms with Crippen molar-refractivity contribution in [2.24, 2.45) is 0 Å². The van der Waals surface area contributed by atoms with E-state index in [9.17, 15) is 13.2 Å². The second-order valence-electron chi connectivity index (χ2n) is 5.52. The quantitative estimate of drug-likeness (QED) is 0.782. The molecule has 0 aliphatic rings. The fourth-order valence-electron chi connectivity index (χ4n) is 2.25. The Morgan fingerprint density at radius 1 is 1.00 bits per heavy atom. The Labute approximate surface area is 147 Å². The number of sulfone groups is 1. The molecule has 0 atom stereocenters. The Morgan fingerprint density at radius 2 is 1.67 bits per heavy atom. The molecule has 0 spiro atoms. The van der Waals surface area contributed by atoms with Crippen LogP contribution in [-0.4, -0.2) is 26.6 Å². The number of nitrogens with one attached hydrogen (secondary N) is 1. The number of halogens is 1. The largest absolute Gasteiger partial charge is 0.356 e. The second kappa shape index (κ2) is 8.85. The minimum absolute atomic E-state index is 0.0401. The summed E-state index contributed by atoms with van der Waals surface area (Å²) in [5.41, 5.74) is 1.69. The zero-order chi connectivity index (χ0) is 17.4. The average Bonchev–Trinajstić information content (AvgIpc) is 2.56. The lowest BCUT2D eigenvalue weighted by atomic mass is 10.1. The average molecular weight is 366 g/mol. The van der Waals surface area contributed by atoms with Gasteiger partial charge in [0.15, 0.2) is 9.84 Å². The molecule has 0 unspecified atom stereocenters. The fraction of sp³-hybridized carbons (Fsp3) is 0.278. The van der Waals surface area contributed by atoms with Gasteiger partial charge in [-0.05, 0) is 23.6 Å². The molecule has 0 saturated heterocycles. The van der Waals surface area contributed by atoms with Crippen LogP contribution in [0, 0.1) is 0 Å². The third-order valence-corrected chi connectivity index (χ3v) is 5.50. The van der Waals surface area contributed by atoms with Gasteiger partial charge < -0.3 is 5.32 Å². The molecule has 128 valence electrons. The van der Waals surface area contributed by atoms with Gasteiger partial charge in [-0.25, -0.2) is 8.42 Å². The molecule has 0 aliphatic carbocycles. The summed E-state index contributed by atoms with van der Waals surface area (Å²) in [7, 11) is -3.37. The van der Waals surface area contributed by atoms with Crippen molar-refractivity contribution in [1.82, 2.24) is 5.32 Å². The Hall–Kier alpha value is -1.85. The summed E-state index contributed by atoms with van der Waals surface area (Å²) >= 11 is 5.98. The first-order valence-corrected chi connectivity index (χ1v) is 9.91. The number of benzene rings is 2. The molecule has 2 aromatic rings. The van der Waals surface area contributed by atoms with E-state index >= 15 is 0 Å². The van der Waals surface area contributed by atoms with E-state index < -0.39 is 9.84 Å². The number of amides is 1. The summed E-state index contributed by atoms with van der Waals surface area (Å²) in [4.78, 5) is 11.8. The van der Waals surface area contributed by atoms with Crippen LogP contribution in [0.2, 0.25) is 5.02 Å². The van der Waals surface area contributed by atoms with Crippen LogP contribution in [0.5, 0.6) is 0 Å². The molecule has 0 saturated carbocycles. The zero-order valence-corrected chi connectivity index (χ0v) is 14.8. The van der Waals surface area contributed by atoms with Crippen molar-refractivity contribution in [3.05, 3.63) is 70.7 Å². The molecule has 0 fully saturated rings. The third kappa shape index (κ3) is 6.34. The van der Waals surface area contributed by atoms with Gasteiger partial charge in [-0.15, -0.1) is 0 Å². The van der Waals surface area contributed by atoms with Gasteiger partial charge in [0, 0.05) is 18.0 Å². The maximum Gasteiger partial charge on any atom is 0.221 e. The van der Waals surface area contributed by atoms with Gasteiger partial charge in [0.05, 0.1) is 11.5 Å². The van der Waals surface area contributed by atoms with Gasteiger partial charge in [-0.1, -0.05) is 60.1 Å². The third-order valence-electron chi connectivity index (χ3n) is 3.55. The Bertz CT molecular complexity index is 776. The molecule has 1 N–H and O–H groups in total. The van der Waals surface area contributed by atoms with Crippen molar-refractivity contribution in [2.45, 2.75) is 18.6 Å². The van der Waals surface area contributed by atoms with Crippen LogP contribution in [0.1, 0.15) is 17.5 Å². The van der Waals surface area contributed by atoms with Crippen LogP contribution < -0.4 is 5.32 Å². The van der Waals surface area contributed by atoms with E-state index in [0.29, 0.717) is 17.1 Å². The van der Waals surface area contributed by atoms with Crippen LogP contribution in [0.15, 0.2) is 54.6 Å². The van der Waals surface area contributed by atoms with Gasteiger partial charge in [-0.2, -0.15) is 0 Å². The summed E-state index contributed by atoms with van der Waals surface area (Å²) in [5.74, 6) is -0.590. The highest BCUT2D eigenvalue weighted by atomic mass is 35.5. The fourth-order valence-corrected chi connectivity index (χ4v) is 3.90. The van der Waals surface area contributed by atoms with Gasteiger partial charge in [0.2, 0.25) is 5.91 Å². The maximum atomic E-state index is 12.1. The Kier molecular flexibility index (Phi) is 6.82. The number of hydrogen-bond acceptors (Lipinski definition) is 3. The van der Waals surface area contributed by atoms with Gasteiger partial charge in [-0.3, -0.25) is 4.79 Å². The van der Waals surface area contributed by atoms with Crippen LogP contribution in [-0.2, 0) is 26.8 Å². The van der Waals surface area contributed by atoms with Gasteiger partial charge in [0.1, 0.15) is 0 Å². The Morgan fingerprint density at radius 3 is 2.38 bits per heavy atom. The van der Waals surface area contributed by atoms with E-state index in [-0.39, 0.29) is 23.8 Å². The predicted octanol–water partition coefficient (Wildman–Crippen LogP) is 3.00. The first kappa shape index (κ1) is 18.5. The maximum absolute atomic E-state index is 12.1. The van der Waals surface area contributed by atoms with E-state index in [0.717, 1.165) is 12.0 Å². The van der Waals surface area contributed by atoms with Crippen LogP contribution >= 0.6 is 11.6 Å². The normalized spacial score (nSPS) is 11.2. The topological polar surface area (TPSA) is 63.2 Å². The van der Waals surface area contributed by atoms with E-state index in [1.807, 2.05) is 30.3 Å². The smallest absolute Gasteiger partial charge is 0.221 e. The summed E-state index contributed by atoms with van der Waals surface area (Å²) < 4.78 is 24.2. The van der Waals surface area contributed by atoms with Crippen molar-refractivity contribution in [3.63, 3.8) is 0 Å². The van der Waals surface area contributed by atoms with E-state index in [1.165, 1.54) is 0 Å². The molecule has 2 rings (SSSR count). The summed E-state index contributed by atoms with van der Waals surface area (Å²) in [6.07, 6.45) is 0.681. The summed E-state index contributed by atoms with van der Waals surface area (Å²) in [5, 5.41) is 3.17. The van der Waals surface area contributed by atoms with Gasteiger partial charge in [0.25, 0.3) is 0 Å². The minimum atomic E-state index is -3.37. The molecule has 24 heavy (non-hydrogen) atoms. The molecule has 0 aromatic heterocycles. The first-order valence-electron chi connectivity index (χ1n) is 7.71. The molecule has 2 aromatic carbocycles. The summed E-state index contributed by atoms with van der Waals surface area (Å²) in [6.45, 7) is 0.493. The van der Waals surface area contributed by atoms with Crippen molar-refractivity contribution < 1.29 is 13.2 Å². The highest BCUT2D eigenvalue weighted by molar-refractivity contribution is 7.90.